The molecule has 27 heavy (non-hydrogen) atoms. The Hall–Kier alpha value is -2.61. The van der Waals surface area contributed by atoms with Gasteiger partial charge in [-0.2, -0.15) is 0 Å². The normalized spacial score (nSPS) is 17.6. The number of halogens is 1. The molecule has 1 aromatic carbocycles. The van der Waals surface area contributed by atoms with Crippen molar-refractivity contribution in [2.24, 2.45) is 0 Å². The Balaban J connectivity index is 1.45. The molecule has 0 amide bonds. The van der Waals surface area contributed by atoms with Crippen LogP contribution in [0.4, 0.5) is 0 Å². The molecule has 0 radical (unpaired) electrons. The van der Waals surface area contributed by atoms with Gasteiger partial charge in [0.2, 0.25) is 5.88 Å². The lowest BCUT2D eigenvalue weighted by molar-refractivity contribution is -0.000968. The van der Waals surface area contributed by atoms with Gasteiger partial charge in [0.05, 0.1) is 12.8 Å². The molecule has 8 heteroatoms. The van der Waals surface area contributed by atoms with Crippen molar-refractivity contribution in [3.05, 3.63) is 47.6 Å². The molecule has 4 aromatic rings. The summed E-state index contributed by atoms with van der Waals surface area (Å²) < 4.78 is 19.1. The van der Waals surface area contributed by atoms with Crippen LogP contribution in [0, 0.1) is 0 Å². The second-order valence-corrected chi connectivity index (χ2v) is 6.82. The van der Waals surface area contributed by atoms with Crippen molar-refractivity contribution in [1.82, 2.24) is 19.9 Å². The van der Waals surface area contributed by atoms with Gasteiger partial charge in [0, 0.05) is 29.6 Å². The van der Waals surface area contributed by atoms with E-state index in [1.54, 1.807) is 22.8 Å². The summed E-state index contributed by atoms with van der Waals surface area (Å²) in [5.74, 6) is 1.18. The Morgan fingerprint density at radius 3 is 3.11 bits per heavy atom. The Kier molecular flexibility index (Phi) is 4.20. The van der Waals surface area contributed by atoms with E-state index in [-0.39, 0.29) is 6.10 Å². The number of fused-ring (bicyclic) bond motifs is 2. The van der Waals surface area contributed by atoms with Crippen molar-refractivity contribution >= 4 is 28.2 Å². The van der Waals surface area contributed by atoms with Gasteiger partial charge >= 0.3 is 0 Å². The number of ether oxygens (including phenoxy) is 2. The Morgan fingerprint density at radius 2 is 2.22 bits per heavy atom. The molecule has 0 saturated carbocycles. The van der Waals surface area contributed by atoms with E-state index in [0.29, 0.717) is 35.5 Å². The summed E-state index contributed by atoms with van der Waals surface area (Å²) in [4.78, 5) is 4.40. The van der Waals surface area contributed by atoms with Crippen LogP contribution in [-0.4, -0.2) is 47.0 Å². The maximum atomic E-state index is 6.06. The van der Waals surface area contributed by atoms with Crippen LogP contribution in [-0.2, 0) is 4.74 Å². The average molecular weight is 385 g/mol. The van der Waals surface area contributed by atoms with Gasteiger partial charge in [0.25, 0.3) is 0 Å². The van der Waals surface area contributed by atoms with E-state index in [9.17, 15) is 0 Å². The summed E-state index contributed by atoms with van der Waals surface area (Å²) in [6, 6.07) is 11.1. The number of nitrogens with one attached hydrogen (secondary N) is 1. The van der Waals surface area contributed by atoms with Crippen LogP contribution in [0.2, 0.25) is 5.02 Å². The number of rotatable bonds is 4. The van der Waals surface area contributed by atoms with E-state index in [2.05, 4.69) is 15.4 Å². The Morgan fingerprint density at radius 1 is 1.26 bits per heavy atom. The number of hydrogen-bond donors (Lipinski definition) is 1. The largest absolute Gasteiger partial charge is 0.474 e. The second-order valence-electron chi connectivity index (χ2n) is 6.39. The zero-order valence-corrected chi connectivity index (χ0v) is 15.1. The zero-order valence-electron chi connectivity index (χ0n) is 14.4. The van der Waals surface area contributed by atoms with Crippen LogP contribution in [0.1, 0.15) is 0 Å². The first kappa shape index (κ1) is 16.6. The molecule has 1 saturated heterocycles. The van der Waals surface area contributed by atoms with Gasteiger partial charge in [-0.3, -0.25) is 0 Å². The van der Waals surface area contributed by atoms with E-state index in [1.165, 1.54) is 0 Å². The molecule has 1 aliphatic heterocycles. The molecule has 4 heterocycles. The number of nitrogens with zero attached hydrogens (tertiary/aromatic N) is 3. The highest BCUT2D eigenvalue weighted by Gasteiger charge is 2.16. The predicted octanol–water partition coefficient (Wildman–Crippen LogP) is 3.16. The van der Waals surface area contributed by atoms with Crippen LogP contribution in [0.3, 0.4) is 0 Å². The summed E-state index contributed by atoms with van der Waals surface area (Å²) >= 11 is 6.06. The summed E-state index contributed by atoms with van der Waals surface area (Å²) in [6.07, 6.45) is 1.76. The average Bonchev–Trinajstić information content (AvgIpc) is 3.30. The molecule has 0 aliphatic carbocycles. The highest BCUT2D eigenvalue weighted by molar-refractivity contribution is 6.31. The monoisotopic (exact) mass is 384 g/mol. The van der Waals surface area contributed by atoms with Crippen LogP contribution in [0.5, 0.6) is 5.88 Å². The fourth-order valence-corrected chi connectivity index (χ4v) is 3.33. The molecule has 1 atom stereocenters. The van der Waals surface area contributed by atoms with Crippen molar-refractivity contribution in [3.8, 4) is 17.3 Å². The first-order valence-corrected chi connectivity index (χ1v) is 9.13. The lowest BCUT2D eigenvalue weighted by Crippen LogP contribution is -2.41. The van der Waals surface area contributed by atoms with Crippen LogP contribution >= 0.6 is 11.6 Å². The van der Waals surface area contributed by atoms with Crippen molar-refractivity contribution < 1.29 is 13.9 Å². The number of hydrogen-bond acceptors (Lipinski definition) is 6. The highest BCUT2D eigenvalue weighted by Crippen LogP contribution is 2.30. The maximum Gasteiger partial charge on any atom is 0.231 e. The molecule has 0 bridgehead atoms. The summed E-state index contributed by atoms with van der Waals surface area (Å²) in [6.45, 7) is 2.79. The fourth-order valence-electron chi connectivity index (χ4n) is 3.15. The van der Waals surface area contributed by atoms with E-state index >= 15 is 0 Å². The van der Waals surface area contributed by atoms with Gasteiger partial charge in [0.1, 0.15) is 24.0 Å². The van der Waals surface area contributed by atoms with Crippen molar-refractivity contribution in [2.75, 3.05) is 26.3 Å². The second kappa shape index (κ2) is 6.84. The minimum Gasteiger partial charge on any atom is -0.474 e. The van der Waals surface area contributed by atoms with Gasteiger partial charge in [-0.25, -0.2) is 9.50 Å². The predicted molar refractivity (Wildman–Crippen MR) is 101 cm³/mol. The van der Waals surface area contributed by atoms with Gasteiger partial charge in [-0.1, -0.05) is 11.6 Å². The van der Waals surface area contributed by atoms with Gasteiger partial charge in [-0.15, -0.1) is 5.10 Å². The van der Waals surface area contributed by atoms with Crippen LogP contribution in [0.15, 0.2) is 47.0 Å². The summed E-state index contributed by atoms with van der Waals surface area (Å²) in [5, 5.41) is 9.44. The minimum atomic E-state index is 0.0265. The number of morpholine rings is 1. The molecular weight excluding hydrogens is 368 g/mol. The zero-order chi connectivity index (χ0) is 18.2. The van der Waals surface area contributed by atoms with Gasteiger partial charge < -0.3 is 19.2 Å². The smallest absolute Gasteiger partial charge is 0.231 e. The molecule has 138 valence electrons. The maximum absolute atomic E-state index is 6.06. The van der Waals surface area contributed by atoms with E-state index in [0.717, 1.165) is 29.8 Å². The Bertz CT molecular complexity index is 1100. The summed E-state index contributed by atoms with van der Waals surface area (Å²) in [5.41, 5.74) is 2.23. The highest BCUT2D eigenvalue weighted by atomic mass is 35.5. The van der Waals surface area contributed by atoms with Crippen molar-refractivity contribution in [2.45, 2.75) is 6.10 Å². The summed E-state index contributed by atoms with van der Waals surface area (Å²) in [7, 11) is 0. The Labute approximate surface area is 159 Å². The molecule has 7 nitrogen and oxygen atoms in total. The third kappa shape index (κ3) is 3.25. The van der Waals surface area contributed by atoms with Crippen molar-refractivity contribution in [3.63, 3.8) is 0 Å². The number of furan rings is 1. The lowest BCUT2D eigenvalue weighted by atomic mass is 10.2. The van der Waals surface area contributed by atoms with E-state index in [4.69, 9.17) is 25.5 Å². The number of aromatic nitrogens is 3. The number of imidazole rings is 1. The first-order valence-electron chi connectivity index (χ1n) is 8.76. The topological polar surface area (TPSA) is 73.8 Å². The van der Waals surface area contributed by atoms with Crippen LogP contribution in [0.25, 0.3) is 28.1 Å². The van der Waals surface area contributed by atoms with Crippen LogP contribution < -0.4 is 10.1 Å². The SMILES string of the molecule is Clc1ccc2oc(-c3cnc4ccc(OCC5CNCCO5)nn34)cc2c1. The molecule has 3 aromatic heterocycles. The fraction of sp³-hybridized carbons (Fsp3) is 0.263. The minimum absolute atomic E-state index is 0.0265. The molecule has 1 aliphatic rings. The molecular formula is C19H17ClN4O3. The molecule has 0 spiro atoms. The molecule has 5 rings (SSSR count). The van der Waals surface area contributed by atoms with E-state index < -0.39 is 0 Å². The van der Waals surface area contributed by atoms with Gasteiger partial charge in [0.15, 0.2) is 11.4 Å². The molecule has 1 unspecified atom stereocenters. The third-order valence-corrected chi connectivity index (χ3v) is 4.73. The lowest BCUT2D eigenvalue weighted by Gasteiger charge is -2.23. The van der Waals surface area contributed by atoms with E-state index in [1.807, 2.05) is 24.3 Å². The first-order chi connectivity index (χ1) is 13.3. The standard InChI is InChI=1S/C19H17ClN4O3/c20-13-1-2-16-12(7-13)8-17(27-16)15-10-22-18-3-4-19(23-24(15)18)26-11-14-9-21-5-6-25-14/h1-4,7-8,10,14,21H,5-6,9,11H2. The number of benzene rings is 1. The van der Waals surface area contributed by atoms with Crippen molar-refractivity contribution in [1.29, 1.82) is 0 Å². The quantitative estimate of drug-likeness (QED) is 0.582. The third-order valence-electron chi connectivity index (χ3n) is 4.49. The molecule has 1 fully saturated rings. The molecule has 1 N–H and O–H groups in total. The van der Waals surface area contributed by atoms with Gasteiger partial charge in [-0.05, 0) is 30.3 Å².